The predicted octanol–water partition coefficient (Wildman–Crippen LogP) is 1.19. The smallest absolute Gasteiger partial charge is 0.267 e. The summed E-state index contributed by atoms with van der Waals surface area (Å²) in [6.45, 7) is 3.57. The van der Waals surface area contributed by atoms with Gasteiger partial charge in [0.05, 0.1) is 18.4 Å². The number of hydrogen-bond acceptors (Lipinski definition) is 5. The molecule has 1 fully saturated rings. The van der Waals surface area contributed by atoms with Gasteiger partial charge in [0.25, 0.3) is 11.5 Å². The highest BCUT2D eigenvalue weighted by Gasteiger charge is 2.33. The van der Waals surface area contributed by atoms with Crippen LogP contribution in [0, 0.1) is 12.8 Å². The zero-order chi connectivity index (χ0) is 16.7. The minimum Gasteiger partial charge on any atom is -0.361 e. The minimum atomic E-state index is -0.0595. The van der Waals surface area contributed by atoms with Gasteiger partial charge in [0.15, 0.2) is 0 Å². The molecule has 0 N–H and O–H groups in total. The third-order valence-electron chi connectivity index (χ3n) is 4.93. The van der Waals surface area contributed by atoms with Gasteiger partial charge in [-0.25, -0.2) is 4.68 Å². The monoisotopic (exact) mass is 328 g/mol. The lowest BCUT2D eigenvalue weighted by molar-refractivity contribution is 0.0456. The van der Waals surface area contributed by atoms with Crippen molar-refractivity contribution in [1.29, 1.82) is 0 Å². The number of aryl methyl sites for hydroxylation is 3. The summed E-state index contributed by atoms with van der Waals surface area (Å²) in [5.41, 5.74) is 2.65. The Balaban J connectivity index is 1.41. The van der Waals surface area contributed by atoms with E-state index in [0.29, 0.717) is 31.0 Å². The molecule has 2 aromatic heterocycles. The second-order valence-electron chi connectivity index (χ2n) is 6.72. The molecule has 2 aliphatic rings. The molecule has 3 heterocycles. The molecule has 7 nitrogen and oxygen atoms in total. The van der Waals surface area contributed by atoms with Crippen molar-refractivity contribution in [2.45, 2.75) is 39.2 Å². The number of carbonyl (C=O) groups is 1. The van der Waals surface area contributed by atoms with Gasteiger partial charge < -0.3 is 9.42 Å². The number of rotatable bonds is 3. The van der Waals surface area contributed by atoms with Crippen LogP contribution in [0.3, 0.4) is 0 Å². The topological polar surface area (TPSA) is 81.2 Å². The van der Waals surface area contributed by atoms with Crippen LogP contribution in [0.5, 0.6) is 0 Å². The second-order valence-corrected chi connectivity index (χ2v) is 6.72. The number of fused-ring (bicyclic) bond motifs is 1. The van der Waals surface area contributed by atoms with Crippen molar-refractivity contribution in [1.82, 2.24) is 19.8 Å². The van der Waals surface area contributed by atoms with Crippen molar-refractivity contribution in [3.8, 4) is 0 Å². The van der Waals surface area contributed by atoms with Crippen LogP contribution in [0.25, 0.3) is 0 Å². The molecule has 0 saturated carbocycles. The maximum atomic E-state index is 12.3. The minimum absolute atomic E-state index is 0.0321. The summed E-state index contributed by atoms with van der Waals surface area (Å²) in [4.78, 5) is 26.3. The fraction of sp³-hybridized carbons (Fsp3) is 0.529. The highest BCUT2D eigenvalue weighted by atomic mass is 16.5. The molecule has 24 heavy (non-hydrogen) atoms. The fourth-order valence-electron chi connectivity index (χ4n) is 3.50. The Morgan fingerprint density at radius 2 is 2.12 bits per heavy atom. The van der Waals surface area contributed by atoms with E-state index in [4.69, 9.17) is 4.52 Å². The molecular formula is C17H20N4O3. The molecule has 2 aromatic rings. The maximum Gasteiger partial charge on any atom is 0.267 e. The summed E-state index contributed by atoms with van der Waals surface area (Å²) in [6.07, 6.45) is 5.66. The van der Waals surface area contributed by atoms with Gasteiger partial charge in [-0.05, 0) is 38.2 Å². The standard InChI is InChI=1S/C17H20N4O3/c1-11-14(7-18-24-11)17(23)20-8-12(9-20)10-21-16(22)6-13-4-2-3-5-15(13)19-21/h6-7,12H,2-5,8-10H2,1H3. The van der Waals surface area contributed by atoms with Gasteiger partial charge in [0, 0.05) is 25.1 Å². The van der Waals surface area contributed by atoms with Crippen LogP contribution in [-0.4, -0.2) is 38.8 Å². The van der Waals surface area contributed by atoms with E-state index in [2.05, 4.69) is 10.3 Å². The zero-order valence-electron chi connectivity index (χ0n) is 13.7. The normalized spacial score (nSPS) is 17.5. The van der Waals surface area contributed by atoms with Gasteiger partial charge in [-0.3, -0.25) is 9.59 Å². The molecule has 0 atom stereocenters. The molecule has 126 valence electrons. The van der Waals surface area contributed by atoms with Gasteiger partial charge in [-0.15, -0.1) is 0 Å². The molecule has 1 saturated heterocycles. The zero-order valence-corrected chi connectivity index (χ0v) is 13.7. The maximum absolute atomic E-state index is 12.3. The molecule has 0 unspecified atom stereocenters. The first kappa shape index (κ1) is 15.1. The first-order valence-electron chi connectivity index (χ1n) is 8.42. The molecule has 0 radical (unpaired) electrons. The van der Waals surface area contributed by atoms with Crippen molar-refractivity contribution in [3.63, 3.8) is 0 Å². The van der Waals surface area contributed by atoms with Crippen molar-refractivity contribution in [2.24, 2.45) is 5.92 Å². The van der Waals surface area contributed by atoms with Crippen LogP contribution in [0.2, 0.25) is 0 Å². The second kappa shape index (κ2) is 5.89. The Labute approximate surface area is 139 Å². The van der Waals surface area contributed by atoms with Crippen molar-refractivity contribution in [3.05, 3.63) is 45.2 Å². The molecule has 1 amide bonds. The van der Waals surface area contributed by atoms with Crippen LogP contribution >= 0.6 is 0 Å². The van der Waals surface area contributed by atoms with Gasteiger partial charge in [-0.2, -0.15) is 5.10 Å². The summed E-state index contributed by atoms with van der Waals surface area (Å²) >= 11 is 0. The predicted molar refractivity (Wildman–Crippen MR) is 85.8 cm³/mol. The summed E-state index contributed by atoms with van der Waals surface area (Å²) in [6, 6.07) is 1.74. The van der Waals surface area contributed by atoms with Crippen LogP contribution in [0.15, 0.2) is 21.6 Å². The Bertz CT molecular complexity index is 833. The Hall–Kier alpha value is -2.44. The fourth-order valence-corrected chi connectivity index (χ4v) is 3.50. The average molecular weight is 328 g/mol. The first-order chi connectivity index (χ1) is 11.6. The van der Waals surface area contributed by atoms with E-state index in [9.17, 15) is 9.59 Å². The average Bonchev–Trinajstić information content (AvgIpc) is 2.96. The van der Waals surface area contributed by atoms with Gasteiger partial charge in [0.2, 0.25) is 0 Å². The van der Waals surface area contributed by atoms with E-state index in [1.165, 1.54) is 6.20 Å². The third-order valence-corrected chi connectivity index (χ3v) is 4.93. The van der Waals surface area contributed by atoms with Crippen molar-refractivity contribution < 1.29 is 9.32 Å². The lowest BCUT2D eigenvalue weighted by Gasteiger charge is -2.39. The van der Waals surface area contributed by atoms with E-state index >= 15 is 0 Å². The molecule has 1 aliphatic carbocycles. The van der Waals surface area contributed by atoms with E-state index in [1.54, 1.807) is 22.6 Å². The van der Waals surface area contributed by atoms with E-state index in [-0.39, 0.29) is 17.4 Å². The van der Waals surface area contributed by atoms with E-state index in [1.807, 2.05) is 0 Å². The molecular weight excluding hydrogens is 308 g/mol. The van der Waals surface area contributed by atoms with Crippen LogP contribution in [0.1, 0.15) is 40.2 Å². The summed E-state index contributed by atoms with van der Waals surface area (Å²) < 4.78 is 6.51. The third kappa shape index (κ3) is 2.64. The quantitative estimate of drug-likeness (QED) is 0.845. The number of nitrogens with zero attached hydrogens (tertiary/aromatic N) is 4. The lowest BCUT2D eigenvalue weighted by Crippen LogP contribution is -2.52. The number of likely N-dealkylation sites (tertiary alicyclic amines) is 1. The van der Waals surface area contributed by atoms with E-state index < -0.39 is 0 Å². The number of carbonyl (C=O) groups excluding carboxylic acids is 1. The first-order valence-corrected chi connectivity index (χ1v) is 8.42. The summed E-state index contributed by atoms with van der Waals surface area (Å²) in [7, 11) is 0. The summed E-state index contributed by atoms with van der Waals surface area (Å²) in [5, 5.41) is 8.19. The number of amides is 1. The SMILES string of the molecule is Cc1oncc1C(=O)N1CC(Cn2nc3c(cc2=O)CCCC3)C1. The van der Waals surface area contributed by atoms with Crippen molar-refractivity contribution >= 4 is 5.91 Å². The van der Waals surface area contributed by atoms with Crippen LogP contribution in [-0.2, 0) is 19.4 Å². The highest BCUT2D eigenvalue weighted by molar-refractivity contribution is 5.95. The van der Waals surface area contributed by atoms with Gasteiger partial charge >= 0.3 is 0 Å². The molecule has 7 heteroatoms. The highest BCUT2D eigenvalue weighted by Crippen LogP contribution is 2.22. The Morgan fingerprint density at radius 3 is 2.88 bits per heavy atom. The van der Waals surface area contributed by atoms with Gasteiger partial charge in [-0.1, -0.05) is 5.16 Å². The molecule has 0 spiro atoms. The lowest BCUT2D eigenvalue weighted by atomic mass is 9.96. The molecule has 4 rings (SSSR count). The Kier molecular flexibility index (Phi) is 3.70. The Morgan fingerprint density at radius 1 is 1.33 bits per heavy atom. The van der Waals surface area contributed by atoms with E-state index in [0.717, 1.165) is 36.9 Å². The number of hydrogen-bond donors (Lipinski definition) is 0. The van der Waals surface area contributed by atoms with Crippen LogP contribution < -0.4 is 5.56 Å². The molecule has 1 aliphatic heterocycles. The van der Waals surface area contributed by atoms with Crippen molar-refractivity contribution in [2.75, 3.05) is 13.1 Å². The molecule has 0 aromatic carbocycles. The largest absolute Gasteiger partial charge is 0.361 e. The summed E-state index contributed by atoms with van der Waals surface area (Å²) in [5.74, 6) is 0.743. The van der Waals surface area contributed by atoms with Crippen LogP contribution in [0.4, 0.5) is 0 Å². The number of aromatic nitrogens is 3. The van der Waals surface area contributed by atoms with Gasteiger partial charge in [0.1, 0.15) is 11.3 Å². The molecule has 0 bridgehead atoms.